The number of benzene rings is 1. The lowest BCUT2D eigenvalue weighted by molar-refractivity contribution is 0.270. The number of anilines is 2. The van der Waals surface area contributed by atoms with Gasteiger partial charge in [-0.25, -0.2) is 13.4 Å². The van der Waals surface area contributed by atoms with Gasteiger partial charge in [0.05, 0.1) is 23.9 Å². The van der Waals surface area contributed by atoms with Crippen molar-refractivity contribution in [3.63, 3.8) is 0 Å². The van der Waals surface area contributed by atoms with Crippen LogP contribution in [0.5, 0.6) is 5.75 Å². The summed E-state index contributed by atoms with van der Waals surface area (Å²) in [6.45, 7) is 8.93. The number of likely N-dealkylation sites (N-methyl/N-ethyl adjacent to an activating group) is 1. The predicted molar refractivity (Wildman–Crippen MR) is 107 cm³/mol. The van der Waals surface area contributed by atoms with Gasteiger partial charge in [0.1, 0.15) is 11.6 Å². The fraction of sp³-hybridized carbons (Fsp3) is 0.421. The normalized spacial score (nSPS) is 15.6. The molecule has 2 heterocycles. The lowest BCUT2D eigenvalue weighted by Gasteiger charge is -2.34. The van der Waals surface area contributed by atoms with Gasteiger partial charge >= 0.3 is 0 Å². The summed E-state index contributed by atoms with van der Waals surface area (Å²) >= 11 is 0. The topological polar surface area (TPSA) is 74.8 Å². The quantitative estimate of drug-likeness (QED) is 0.816. The molecule has 0 radical (unpaired) electrons. The predicted octanol–water partition coefficient (Wildman–Crippen LogP) is 2.34. The molecule has 7 nitrogen and oxygen atoms in total. The first-order chi connectivity index (χ1) is 12.9. The molecule has 3 rings (SSSR count). The zero-order valence-electron chi connectivity index (χ0n) is 16.0. The van der Waals surface area contributed by atoms with Gasteiger partial charge < -0.3 is 14.5 Å². The third-order valence-corrected chi connectivity index (χ3v) is 6.20. The zero-order chi connectivity index (χ0) is 19.4. The number of rotatable bonds is 6. The lowest BCUT2D eigenvalue weighted by Crippen LogP contribution is -2.46. The number of nitrogens with zero attached hydrogens (tertiary/aromatic N) is 3. The minimum absolute atomic E-state index is 0.195. The largest absolute Gasteiger partial charge is 0.496 e. The molecule has 1 aliphatic heterocycles. The van der Waals surface area contributed by atoms with Crippen LogP contribution in [-0.2, 0) is 10.0 Å². The van der Waals surface area contributed by atoms with Gasteiger partial charge in [-0.3, -0.25) is 4.72 Å². The highest BCUT2D eigenvalue weighted by Crippen LogP contribution is 2.23. The van der Waals surface area contributed by atoms with E-state index in [4.69, 9.17) is 4.74 Å². The molecule has 1 aromatic carbocycles. The summed E-state index contributed by atoms with van der Waals surface area (Å²) in [5.41, 5.74) is 1.21. The molecule has 2 aromatic rings. The van der Waals surface area contributed by atoms with Crippen LogP contribution in [0.25, 0.3) is 0 Å². The van der Waals surface area contributed by atoms with Gasteiger partial charge in [-0.1, -0.05) is 6.92 Å². The molecule has 0 unspecified atom stereocenters. The van der Waals surface area contributed by atoms with Crippen molar-refractivity contribution in [1.29, 1.82) is 0 Å². The van der Waals surface area contributed by atoms with Crippen LogP contribution in [0.3, 0.4) is 0 Å². The van der Waals surface area contributed by atoms with Gasteiger partial charge in [0.2, 0.25) is 0 Å². The molecule has 1 N–H and O–H groups in total. The van der Waals surface area contributed by atoms with Crippen molar-refractivity contribution in [3.8, 4) is 5.75 Å². The maximum atomic E-state index is 12.6. The molecule has 0 saturated carbocycles. The summed E-state index contributed by atoms with van der Waals surface area (Å²) < 4.78 is 33.0. The fourth-order valence-corrected chi connectivity index (χ4v) is 4.29. The number of ether oxygens (including phenoxy) is 1. The maximum absolute atomic E-state index is 12.6. The van der Waals surface area contributed by atoms with E-state index in [0.717, 1.165) is 44.1 Å². The van der Waals surface area contributed by atoms with Gasteiger partial charge in [0.15, 0.2) is 0 Å². The van der Waals surface area contributed by atoms with Gasteiger partial charge in [0, 0.05) is 26.2 Å². The Balaban J connectivity index is 1.69. The van der Waals surface area contributed by atoms with Gasteiger partial charge in [-0.15, -0.1) is 0 Å². The van der Waals surface area contributed by atoms with Crippen molar-refractivity contribution >= 4 is 21.5 Å². The van der Waals surface area contributed by atoms with Gasteiger partial charge in [-0.2, -0.15) is 0 Å². The molecule has 1 aromatic heterocycles. The lowest BCUT2D eigenvalue weighted by atomic mass is 10.2. The van der Waals surface area contributed by atoms with Crippen molar-refractivity contribution in [2.24, 2.45) is 0 Å². The van der Waals surface area contributed by atoms with E-state index in [1.807, 2.05) is 13.0 Å². The first-order valence-electron chi connectivity index (χ1n) is 9.04. The molecule has 27 heavy (non-hydrogen) atoms. The number of sulfonamides is 1. The van der Waals surface area contributed by atoms with Crippen LogP contribution >= 0.6 is 0 Å². The highest BCUT2D eigenvalue weighted by atomic mass is 32.2. The number of piperazine rings is 1. The second kappa shape index (κ2) is 8.14. The first-order valence-corrected chi connectivity index (χ1v) is 10.5. The molecule has 0 amide bonds. The van der Waals surface area contributed by atoms with E-state index in [1.165, 1.54) is 6.07 Å². The highest BCUT2D eigenvalue weighted by Gasteiger charge is 2.18. The number of hydrogen-bond donors (Lipinski definition) is 1. The van der Waals surface area contributed by atoms with Crippen LogP contribution in [0, 0.1) is 6.92 Å². The second-order valence-corrected chi connectivity index (χ2v) is 8.25. The zero-order valence-corrected chi connectivity index (χ0v) is 16.8. The summed E-state index contributed by atoms with van der Waals surface area (Å²) in [7, 11) is -2.12. The summed E-state index contributed by atoms with van der Waals surface area (Å²) in [4.78, 5) is 9.25. The van der Waals surface area contributed by atoms with Crippen LogP contribution in [0.15, 0.2) is 41.4 Å². The number of pyridine rings is 1. The average molecular weight is 391 g/mol. The summed E-state index contributed by atoms with van der Waals surface area (Å²) in [5, 5.41) is 0. The molecule has 1 fully saturated rings. The maximum Gasteiger partial charge on any atom is 0.261 e. The Labute approximate surface area is 161 Å². The summed E-state index contributed by atoms with van der Waals surface area (Å²) in [6.07, 6.45) is 1.56. The Morgan fingerprint density at radius 3 is 2.44 bits per heavy atom. The van der Waals surface area contributed by atoms with Gasteiger partial charge in [-0.05, 0) is 49.4 Å². The van der Waals surface area contributed by atoms with Crippen LogP contribution in [0.4, 0.5) is 11.5 Å². The minimum Gasteiger partial charge on any atom is -0.496 e. The number of nitrogens with one attached hydrogen (secondary N) is 1. The molecule has 0 atom stereocenters. The monoisotopic (exact) mass is 390 g/mol. The Bertz CT molecular complexity index is 876. The SMILES string of the molecule is CCN1CCN(c2ccc(NS(=O)(=O)c3ccc(OC)c(C)c3)cn2)CC1. The summed E-state index contributed by atoms with van der Waals surface area (Å²) in [6, 6.07) is 8.39. The molecule has 0 aliphatic carbocycles. The Morgan fingerprint density at radius 2 is 1.89 bits per heavy atom. The smallest absolute Gasteiger partial charge is 0.261 e. The number of aromatic nitrogens is 1. The molecule has 0 spiro atoms. The first kappa shape index (κ1) is 19.4. The van der Waals surface area contributed by atoms with Crippen LogP contribution in [0.2, 0.25) is 0 Å². The van der Waals surface area contributed by atoms with Crippen LogP contribution < -0.4 is 14.4 Å². The van der Waals surface area contributed by atoms with Crippen LogP contribution in [0.1, 0.15) is 12.5 Å². The van der Waals surface area contributed by atoms with E-state index in [9.17, 15) is 8.42 Å². The van der Waals surface area contributed by atoms with Crippen molar-refractivity contribution in [2.75, 3.05) is 49.5 Å². The number of methoxy groups -OCH3 is 1. The van der Waals surface area contributed by atoms with Crippen molar-refractivity contribution < 1.29 is 13.2 Å². The second-order valence-electron chi connectivity index (χ2n) is 6.56. The van der Waals surface area contributed by atoms with Crippen molar-refractivity contribution in [2.45, 2.75) is 18.7 Å². The van der Waals surface area contributed by atoms with Crippen LogP contribution in [-0.4, -0.2) is 58.1 Å². The molecule has 146 valence electrons. The number of hydrogen-bond acceptors (Lipinski definition) is 6. The molecular formula is C19H26N4O3S. The molecule has 8 heteroatoms. The standard InChI is InChI=1S/C19H26N4O3S/c1-4-22-9-11-23(12-10-22)19-8-5-16(14-20-19)21-27(24,25)17-6-7-18(26-3)15(2)13-17/h5-8,13-14,21H,4,9-12H2,1-3H3. The van der Waals surface area contributed by atoms with E-state index < -0.39 is 10.0 Å². The van der Waals surface area contributed by atoms with Crippen molar-refractivity contribution in [3.05, 3.63) is 42.1 Å². The van der Waals surface area contributed by atoms with E-state index in [-0.39, 0.29) is 4.90 Å². The molecule has 1 aliphatic rings. The third-order valence-electron chi connectivity index (χ3n) is 4.82. The minimum atomic E-state index is -3.68. The van der Waals surface area contributed by atoms with E-state index in [2.05, 4.69) is 26.4 Å². The summed E-state index contributed by atoms with van der Waals surface area (Å²) in [5.74, 6) is 1.53. The Kier molecular flexibility index (Phi) is 5.86. The highest BCUT2D eigenvalue weighted by molar-refractivity contribution is 7.92. The van der Waals surface area contributed by atoms with Crippen molar-refractivity contribution in [1.82, 2.24) is 9.88 Å². The third kappa shape index (κ3) is 4.51. The van der Waals surface area contributed by atoms with E-state index in [1.54, 1.807) is 31.5 Å². The molecule has 0 bridgehead atoms. The Morgan fingerprint density at radius 1 is 1.15 bits per heavy atom. The molecular weight excluding hydrogens is 364 g/mol. The van der Waals surface area contributed by atoms with E-state index >= 15 is 0 Å². The van der Waals surface area contributed by atoms with Gasteiger partial charge in [0.25, 0.3) is 10.0 Å². The van der Waals surface area contributed by atoms with E-state index in [0.29, 0.717) is 11.4 Å². The number of aryl methyl sites for hydroxylation is 1. The molecule has 1 saturated heterocycles. The Hall–Kier alpha value is -2.32. The average Bonchev–Trinajstić information content (AvgIpc) is 2.68. The fourth-order valence-electron chi connectivity index (χ4n) is 3.16.